The number of nitrogens with zero attached hydrogens (tertiary/aromatic N) is 1. The minimum atomic E-state index is -0.0209. The lowest BCUT2D eigenvalue weighted by Crippen LogP contribution is -2.23. The summed E-state index contributed by atoms with van der Waals surface area (Å²) in [6.45, 7) is 0. The van der Waals surface area contributed by atoms with E-state index in [9.17, 15) is 0 Å². The second-order valence-corrected chi connectivity index (χ2v) is 2.63. The summed E-state index contributed by atoms with van der Waals surface area (Å²) < 4.78 is 0. The molecule has 3 heteroatoms. The van der Waals surface area contributed by atoms with Gasteiger partial charge in [0.25, 0.3) is 0 Å². The smallest absolute Gasteiger partial charge is 0.0369 e. The number of nitrogens with two attached hydrogens (primary N) is 1. The van der Waals surface area contributed by atoms with E-state index in [0.717, 1.165) is 6.42 Å². The maximum Gasteiger partial charge on any atom is 0.0369 e. The van der Waals surface area contributed by atoms with Gasteiger partial charge < -0.3 is 5.73 Å². The average Bonchev–Trinajstić information content (AvgIpc) is 2.06. The summed E-state index contributed by atoms with van der Waals surface area (Å²) in [5, 5.41) is 1.58. The molecule has 0 aliphatic heterocycles. The Hall–Kier alpha value is -0.800. The molecule has 1 rings (SSSR count). The van der Waals surface area contributed by atoms with Gasteiger partial charge in [0.15, 0.2) is 0 Å². The van der Waals surface area contributed by atoms with Gasteiger partial charge in [-0.05, 0) is 29.5 Å². The third-order valence-corrected chi connectivity index (χ3v) is 1.75. The molecule has 1 unspecified atom stereocenters. The fourth-order valence-electron chi connectivity index (χ4n) is 0.839. The molecule has 0 aliphatic carbocycles. The van der Waals surface area contributed by atoms with Gasteiger partial charge in [-0.1, -0.05) is 12.2 Å². The van der Waals surface area contributed by atoms with Gasteiger partial charge in [0.05, 0.1) is 0 Å². The molecule has 0 aliphatic rings. The average molecular weight is 166 g/mol. The Morgan fingerprint density at radius 3 is 2.73 bits per heavy atom. The first-order chi connectivity index (χ1) is 5.33. The maximum absolute atomic E-state index is 5.62. The third kappa shape index (κ3) is 2.74. The summed E-state index contributed by atoms with van der Waals surface area (Å²) in [5.41, 5.74) is 6.80. The quantitative estimate of drug-likeness (QED) is 0.679. The van der Waals surface area contributed by atoms with Crippen LogP contribution >= 0.6 is 12.2 Å². The molecule has 1 atom stereocenters. The van der Waals surface area contributed by atoms with Gasteiger partial charge in [0.2, 0.25) is 0 Å². The van der Waals surface area contributed by atoms with Crippen molar-refractivity contribution >= 4 is 17.6 Å². The van der Waals surface area contributed by atoms with Crippen molar-refractivity contribution in [1.82, 2.24) is 4.98 Å². The first-order valence-corrected chi connectivity index (χ1v) is 3.90. The van der Waals surface area contributed by atoms with Crippen LogP contribution in [0.2, 0.25) is 0 Å². The van der Waals surface area contributed by atoms with Crippen LogP contribution < -0.4 is 5.73 Å². The highest BCUT2D eigenvalue weighted by Gasteiger charge is 1.97. The molecule has 11 heavy (non-hydrogen) atoms. The zero-order chi connectivity index (χ0) is 8.10. The van der Waals surface area contributed by atoms with Crippen LogP contribution in [0.25, 0.3) is 0 Å². The zero-order valence-corrected chi connectivity index (χ0v) is 6.92. The summed E-state index contributed by atoms with van der Waals surface area (Å²) in [4.78, 5) is 3.90. The first kappa shape index (κ1) is 8.30. The lowest BCUT2D eigenvalue weighted by molar-refractivity contribution is 0.870. The van der Waals surface area contributed by atoms with E-state index in [-0.39, 0.29) is 6.04 Å². The summed E-state index contributed by atoms with van der Waals surface area (Å²) in [7, 11) is 0. The Morgan fingerprint density at radius 2 is 2.18 bits per heavy atom. The van der Waals surface area contributed by atoms with E-state index in [2.05, 4.69) is 4.98 Å². The van der Waals surface area contributed by atoms with Gasteiger partial charge in [-0.25, -0.2) is 0 Å². The molecule has 2 N–H and O–H groups in total. The zero-order valence-electron chi connectivity index (χ0n) is 6.10. The standard InChI is InChI=1S/C8H10N2S/c9-8(6-11)5-7-1-3-10-4-2-7/h1-4,6,8H,5,9H2. The van der Waals surface area contributed by atoms with Crippen LogP contribution in [0.15, 0.2) is 24.5 Å². The van der Waals surface area contributed by atoms with Gasteiger partial charge in [0, 0.05) is 18.4 Å². The molecule has 0 bridgehead atoms. The molecule has 1 aromatic heterocycles. The number of aromatic nitrogens is 1. The third-order valence-electron chi connectivity index (χ3n) is 1.40. The fourth-order valence-corrected chi connectivity index (χ4v) is 0.935. The maximum atomic E-state index is 5.62. The number of rotatable bonds is 3. The monoisotopic (exact) mass is 166 g/mol. The fraction of sp³-hybridized carbons (Fsp3) is 0.250. The van der Waals surface area contributed by atoms with Crippen molar-refractivity contribution in [1.29, 1.82) is 0 Å². The summed E-state index contributed by atoms with van der Waals surface area (Å²) in [5.74, 6) is 0. The Morgan fingerprint density at radius 1 is 1.55 bits per heavy atom. The molecule has 0 spiro atoms. The minimum absolute atomic E-state index is 0.0209. The van der Waals surface area contributed by atoms with Crippen molar-refractivity contribution in [2.24, 2.45) is 5.73 Å². The molecule has 0 saturated carbocycles. The lowest BCUT2D eigenvalue weighted by atomic mass is 10.1. The number of thiocarbonyl (C=S) groups is 1. The Labute approximate surface area is 71.4 Å². The Bertz CT molecular complexity index is 223. The molecule has 1 heterocycles. The van der Waals surface area contributed by atoms with E-state index >= 15 is 0 Å². The van der Waals surface area contributed by atoms with Crippen molar-refractivity contribution < 1.29 is 0 Å². The van der Waals surface area contributed by atoms with Gasteiger partial charge in [-0.3, -0.25) is 4.98 Å². The van der Waals surface area contributed by atoms with Crippen molar-refractivity contribution in [3.05, 3.63) is 30.1 Å². The number of pyridine rings is 1. The van der Waals surface area contributed by atoms with Crippen LogP contribution in [0.4, 0.5) is 0 Å². The van der Waals surface area contributed by atoms with Gasteiger partial charge in [-0.2, -0.15) is 0 Å². The predicted molar refractivity (Wildman–Crippen MR) is 49.6 cm³/mol. The van der Waals surface area contributed by atoms with Crippen LogP contribution in [-0.4, -0.2) is 16.4 Å². The lowest BCUT2D eigenvalue weighted by Gasteiger charge is -2.03. The van der Waals surface area contributed by atoms with Crippen LogP contribution in [0.1, 0.15) is 5.56 Å². The second kappa shape index (κ2) is 4.16. The second-order valence-electron chi connectivity index (χ2n) is 2.36. The van der Waals surface area contributed by atoms with Crippen molar-refractivity contribution in [2.45, 2.75) is 12.5 Å². The van der Waals surface area contributed by atoms with Crippen LogP contribution in [0.3, 0.4) is 0 Å². The molecule has 0 aromatic carbocycles. The van der Waals surface area contributed by atoms with E-state index in [4.69, 9.17) is 18.0 Å². The van der Waals surface area contributed by atoms with Crippen LogP contribution in [0, 0.1) is 0 Å². The topological polar surface area (TPSA) is 38.9 Å². The van der Waals surface area contributed by atoms with Crippen molar-refractivity contribution in [3.63, 3.8) is 0 Å². The number of hydrogen-bond donors (Lipinski definition) is 1. The van der Waals surface area contributed by atoms with Gasteiger partial charge in [0.1, 0.15) is 0 Å². The normalized spacial score (nSPS) is 12.5. The van der Waals surface area contributed by atoms with Crippen molar-refractivity contribution in [2.75, 3.05) is 0 Å². The van der Waals surface area contributed by atoms with Gasteiger partial charge >= 0.3 is 0 Å². The Kier molecular flexibility index (Phi) is 3.14. The van der Waals surface area contributed by atoms with E-state index in [1.54, 1.807) is 17.8 Å². The first-order valence-electron chi connectivity index (χ1n) is 3.42. The molecule has 58 valence electrons. The number of hydrogen-bond acceptors (Lipinski definition) is 3. The van der Waals surface area contributed by atoms with E-state index in [1.165, 1.54) is 5.56 Å². The highest BCUT2D eigenvalue weighted by atomic mass is 32.1. The molecule has 0 fully saturated rings. The largest absolute Gasteiger partial charge is 0.323 e. The highest BCUT2D eigenvalue weighted by Crippen LogP contribution is 1.98. The molecule has 0 radical (unpaired) electrons. The highest BCUT2D eigenvalue weighted by molar-refractivity contribution is 7.79. The summed E-state index contributed by atoms with van der Waals surface area (Å²) in [6.07, 6.45) is 4.31. The minimum Gasteiger partial charge on any atom is -0.323 e. The van der Waals surface area contributed by atoms with Crippen LogP contribution in [0.5, 0.6) is 0 Å². The van der Waals surface area contributed by atoms with Crippen molar-refractivity contribution in [3.8, 4) is 0 Å². The van der Waals surface area contributed by atoms with Gasteiger partial charge in [-0.15, -0.1) is 0 Å². The summed E-state index contributed by atoms with van der Waals surface area (Å²) >= 11 is 4.71. The molecular formula is C8H10N2S. The van der Waals surface area contributed by atoms with Crippen LogP contribution in [-0.2, 0) is 6.42 Å². The van der Waals surface area contributed by atoms with E-state index in [1.807, 2.05) is 12.1 Å². The molecule has 1 aromatic rings. The van der Waals surface area contributed by atoms with E-state index in [0.29, 0.717) is 0 Å². The van der Waals surface area contributed by atoms with E-state index < -0.39 is 0 Å². The molecule has 2 nitrogen and oxygen atoms in total. The summed E-state index contributed by atoms with van der Waals surface area (Å²) in [6, 6.07) is 3.87. The SMILES string of the molecule is NC(C=S)Cc1ccncc1. The Balaban J connectivity index is 2.57. The molecule has 0 saturated heterocycles. The molecular weight excluding hydrogens is 156 g/mol. The molecule has 0 amide bonds. The predicted octanol–water partition coefficient (Wildman–Crippen LogP) is 0.951.